The van der Waals surface area contributed by atoms with Crippen molar-refractivity contribution in [2.24, 2.45) is 11.8 Å². The van der Waals surface area contributed by atoms with Crippen LogP contribution in [0.2, 0.25) is 0 Å². The third kappa shape index (κ3) is 1.91. The van der Waals surface area contributed by atoms with Crippen LogP contribution in [-0.4, -0.2) is 43.9 Å². The molecule has 22 heavy (non-hydrogen) atoms. The summed E-state index contributed by atoms with van der Waals surface area (Å²) in [5.74, 6) is -1.05. The maximum atomic E-state index is 12.7. The smallest absolute Gasteiger partial charge is 0.323 e. The fourth-order valence-electron chi connectivity index (χ4n) is 3.88. The summed E-state index contributed by atoms with van der Waals surface area (Å²) in [5.41, 5.74) is 0.985. The van der Waals surface area contributed by atoms with Crippen LogP contribution in [0.15, 0.2) is 30.3 Å². The molecule has 116 valence electrons. The first kappa shape index (κ1) is 13.9. The molecule has 3 aliphatic rings. The topological polar surface area (TPSA) is 73.9 Å². The monoisotopic (exact) mass is 303 g/mol. The highest BCUT2D eigenvalue weighted by atomic mass is 16.7. The van der Waals surface area contributed by atoms with Crippen LogP contribution in [0.4, 0.5) is 0 Å². The minimum atomic E-state index is -0.796. The van der Waals surface area contributed by atoms with Crippen LogP contribution in [-0.2, 0) is 23.8 Å². The molecule has 3 heterocycles. The number of carbonyl (C=O) groups is 2. The molecule has 3 aliphatic heterocycles. The van der Waals surface area contributed by atoms with Crippen LogP contribution < -0.4 is 5.32 Å². The number of Topliss-reactive ketones (excluding diaryl/α,β-unsaturated/α-hetero) is 1. The van der Waals surface area contributed by atoms with Gasteiger partial charge >= 0.3 is 5.97 Å². The lowest BCUT2D eigenvalue weighted by Crippen LogP contribution is -2.48. The van der Waals surface area contributed by atoms with Crippen LogP contribution in [0.3, 0.4) is 0 Å². The summed E-state index contributed by atoms with van der Waals surface area (Å²) in [5, 5.41) is 3.28. The fraction of sp³-hybridized carbons (Fsp3) is 0.500. The minimum Gasteiger partial charge on any atom is -0.468 e. The Bertz CT molecular complexity index is 604. The van der Waals surface area contributed by atoms with E-state index in [0.29, 0.717) is 6.61 Å². The van der Waals surface area contributed by atoms with E-state index in [1.165, 1.54) is 7.11 Å². The molecule has 3 fully saturated rings. The molecule has 0 saturated carbocycles. The van der Waals surface area contributed by atoms with Crippen LogP contribution >= 0.6 is 0 Å². The highest BCUT2D eigenvalue weighted by Crippen LogP contribution is 2.47. The molecular formula is C16H17NO5. The molecule has 6 atom stereocenters. The predicted octanol–water partition coefficient (Wildman–Crippen LogP) is 0.429. The van der Waals surface area contributed by atoms with Crippen molar-refractivity contribution >= 4 is 11.8 Å². The van der Waals surface area contributed by atoms with Gasteiger partial charge in [0.05, 0.1) is 19.8 Å². The number of fused-ring (bicyclic) bond motifs is 4. The van der Waals surface area contributed by atoms with Crippen molar-refractivity contribution in [3.8, 4) is 0 Å². The molecule has 2 bridgehead atoms. The number of ether oxygens (including phenoxy) is 3. The van der Waals surface area contributed by atoms with Gasteiger partial charge in [0.2, 0.25) is 6.29 Å². The Labute approximate surface area is 127 Å². The molecule has 3 saturated heterocycles. The Hall–Kier alpha value is -1.76. The second kappa shape index (κ2) is 5.15. The zero-order valence-electron chi connectivity index (χ0n) is 12.1. The molecule has 0 spiro atoms. The van der Waals surface area contributed by atoms with Crippen LogP contribution in [0, 0.1) is 11.8 Å². The van der Waals surface area contributed by atoms with E-state index in [9.17, 15) is 9.59 Å². The largest absolute Gasteiger partial charge is 0.468 e. The van der Waals surface area contributed by atoms with Crippen LogP contribution in [0.1, 0.15) is 11.6 Å². The van der Waals surface area contributed by atoms with Gasteiger partial charge in [-0.3, -0.25) is 14.9 Å². The lowest BCUT2D eigenvalue weighted by molar-refractivity contribution is -0.166. The van der Waals surface area contributed by atoms with Gasteiger partial charge in [-0.2, -0.15) is 0 Å². The first-order chi connectivity index (χ1) is 10.7. The number of esters is 1. The van der Waals surface area contributed by atoms with Gasteiger partial charge in [-0.25, -0.2) is 0 Å². The van der Waals surface area contributed by atoms with Gasteiger partial charge in [0.25, 0.3) is 0 Å². The quantitative estimate of drug-likeness (QED) is 0.799. The molecule has 1 aromatic carbocycles. The zero-order valence-corrected chi connectivity index (χ0v) is 12.1. The van der Waals surface area contributed by atoms with Crippen molar-refractivity contribution in [1.82, 2.24) is 5.32 Å². The van der Waals surface area contributed by atoms with E-state index < -0.39 is 12.3 Å². The average Bonchev–Trinajstić information content (AvgIpc) is 3.16. The summed E-state index contributed by atoms with van der Waals surface area (Å²) in [6.45, 7) is 0.342. The van der Waals surface area contributed by atoms with Crippen molar-refractivity contribution < 1.29 is 23.8 Å². The number of ketones is 1. The van der Waals surface area contributed by atoms with Gasteiger partial charge in [0.1, 0.15) is 6.04 Å². The van der Waals surface area contributed by atoms with E-state index in [2.05, 4.69) is 5.32 Å². The number of methoxy groups -OCH3 is 1. The highest BCUT2D eigenvalue weighted by Gasteiger charge is 2.61. The average molecular weight is 303 g/mol. The first-order valence-corrected chi connectivity index (χ1v) is 7.40. The van der Waals surface area contributed by atoms with Crippen molar-refractivity contribution in [3.63, 3.8) is 0 Å². The molecule has 4 rings (SSSR count). The van der Waals surface area contributed by atoms with Crippen molar-refractivity contribution in [2.45, 2.75) is 24.5 Å². The van der Waals surface area contributed by atoms with Crippen LogP contribution in [0.25, 0.3) is 0 Å². The lowest BCUT2D eigenvalue weighted by atomic mass is 9.77. The third-order valence-electron chi connectivity index (χ3n) is 4.83. The van der Waals surface area contributed by atoms with Crippen molar-refractivity contribution in [2.75, 3.05) is 13.7 Å². The van der Waals surface area contributed by atoms with E-state index in [1.807, 2.05) is 30.3 Å². The van der Waals surface area contributed by atoms with Gasteiger partial charge in [0.15, 0.2) is 5.78 Å². The molecule has 6 nitrogen and oxygen atoms in total. The summed E-state index contributed by atoms with van der Waals surface area (Å²) in [6.07, 6.45) is -1.05. The summed E-state index contributed by atoms with van der Waals surface area (Å²) in [4.78, 5) is 24.8. The first-order valence-electron chi connectivity index (χ1n) is 7.40. The van der Waals surface area contributed by atoms with E-state index in [0.717, 1.165) is 5.56 Å². The van der Waals surface area contributed by atoms with Gasteiger partial charge in [0, 0.05) is 17.9 Å². The molecular weight excluding hydrogens is 286 g/mol. The van der Waals surface area contributed by atoms with Gasteiger partial charge in [-0.1, -0.05) is 30.3 Å². The van der Waals surface area contributed by atoms with Gasteiger partial charge in [-0.15, -0.1) is 0 Å². The summed E-state index contributed by atoms with van der Waals surface area (Å²) in [7, 11) is 1.36. The van der Waals surface area contributed by atoms with Gasteiger partial charge in [-0.05, 0) is 5.56 Å². The number of rotatable bonds is 2. The van der Waals surface area contributed by atoms with Crippen LogP contribution in [0.5, 0.6) is 0 Å². The minimum absolute atomic E-state index is 0.0912. The maximum Gasteiger partial charge on any atom is 0.323 e. The van der Waals surface area contributed by atoms with E-state index >= 15 is 0 Å². The Morgan fingerprint density at radius 2 is 2.09 bits per heavy atom. The molecule has 6 heteroatoms. The lowest BCUT2D eigenvalue weighted by Gasteiger charge is -2.32. The summed E-state index contributed by atoms with van der Waals surface area (Å²) >= 11 is 0. The molecule has 0 aliphatic carbocycles. The zero-order chi connectivity index (χ0) is 15.3. The Morgan fingerprint density at radius 1 is 1.32 bits per heavy atom. The van der Waals surface area contributed by atoms with Gasteiger partial charge < -0.3 is 14.2 Å². The SMILES string of the molecule is COC(=O)[C@H]1N[C@H](c2ccccc2)[C@H]2C(=O)[C@@H]3OC[C@@H](O3)[C@H]21. The van der Waals surface area contributed by atoms with E-state index in [1.54, 1.807) is 0 Å². The van der Waals surface area contributed by atoms with Crippen molar-refractivity contribution in [1.29, 1.82) is 0 Å². The molecule has 1 N–H and O–H groups in total. The normalized spacial score (nSPS) is 39.6. The predicted molar refractivity (Wildman–Crippen MR) is 74.7 cm³/mol. The van der Waals surface area contributed by atoms with E-state index in [4.69, 9.17) is 14.2 Å². The number of nitrogens with one attached hydrogen (secondary N) is 1. The number of hydrogen-bond acceptors (Lipinski definition) is 6. The Kier molecular flexibility index (Phi) is 3.25. The molecule has 0 aromatic heterocycles. The number of benzene rings is 1. The maximum absolute atomic E-state index is 12.7. The number of hydrogen-bond donors (Lipinski definition) is 1. The fourth-order valence-corrected chi connectivity index (χ4v) is 3.88. The second-order valence-electron chi connectivity index (χ2n) is 5.90. The van der Waals surface area contributed by atoms with Crippen molar-refractivity contribution in [3.05, 3.63) is 35.9 Å². The summed E-state index contributed by atoms with van der Waals surface area (Å²) in [6, 6.07) is 8.90. The summed E-state index contributed by atoms with van der Waals surface area (Å²) < 4.78 is 15.9. The van der Waals surface area contributed by atoms with E-state index in [-0.39, 0.29) is 35.7 Å². The standard InChI is InChI=1S/C16H17NO5/c1-20-15(19)13-10-9-7-21-16(22-9)14(18)11(10)12(17-13)8-5-3-2-4-6-8/h2-6,9-13,16-17H,7H2,1H3/t9-,10-,11+,12-,13+,16-/m1/s1. The molecule has 0 unspecified atom stereocenters. The Balaban J connectivity index is 1.75. The molecule has 0 amide bonds. The molecule has 0 radical (unpaired) electrons. The number of carbonyl (C=O) groups excluding carboxylic acids is 2. The third-order valence-corrected chi connectivity index (χ3v) is 4.83. The Morgan fingerprint density at radius 3 is 2.82 bits per heavy atom. The molecule has 1 aromatic rings. The second-order valence-corrected chi connectivity index (χ2v) is 5.90. The highest BCUT2D eigenvalue weighted by molar-refractivity contribution is 5.89.